The predicted molar refractivity (Wildman–Crippen MR) is 78.2 cm³/mol. The minimum absolute atomic E-state index is 0.0950. The van der Waals surface area contributed by atoms with Gasteiger partial charge in [0.25, 0.3) is 5.91 Å². The summed E-state index contributed by atoms with van der Waals surface area (Å²) in [7, 11) is 0. The second-order valence-electron chi connectivity index (χ2n) is 4.96. The molecule has 19 heavy (non-hydrogen) atoms. The number of rotatable bonds is 3. The fourth-order valence-corrected chi connectivity index (χ4v) is 3.22. The standard InChI is InChI=1S/C15H17BrN2O/c16-14-7-2-1-5-13(14)10-18-15(19)12-6-3-4-11(8-12)9-17/h3-4,6,8,13-14H,1-2,5,7,10H2,(H,18,19). The Bertz CT molecular complexity index is 495. The molecule has 2 rings (SSSR count). The molecule has 0 bridgehead atoms. The lowest BCUT2D eigenvalue weighted by atomic mass is 9.89. The lowest BCUT2D eigenvalue weighted by molar-refractivity contribution is 0.0944. The number of hydrogen-bond acceptors (Lipinski definition) is 2. The number of nitriles is 1. The Balaban J connectivity index is 1.92. The van der Waals surface area contributed by atoms with Gasteiger partial charge in [-0.2, -0.15) is 5.26 Å². The summed E-state index contributed by atoms with van der Waals surface area (Å²) in [5.41, 5.74) is 1.07. The van der Waals surface area contributed by atoms with Gasteiger partial charge >= 0.3 is 0 Å². The highest BCUT2D eigenvalue weighted by Crippen LogP contribution is 2.29. The predicted octanol–water partition coefficient (Wildman–Crippen LogP) is 3.24. The van der Waals surface area contributed by atoms with Crippen molar-refractivity contribution < 1.29 is 4.79 Å². The average molecular weight is 321 g/mol. The van der Waals surface area contributed by atoms with Crippen molar-refractivity contribution in [3.63, 3.8) is 0 Å². The molecule has 3 nitrogen and oxygen atoms in total. The first-order chi connectivity index (χ1) is 9.20. The van der Waals surface area contributed by atoms with Crippen LogP contribution >= 0.6 is 15.9 Å². The van der Waals surface area contributed by atoms with Crippen molar-refractivity contribution in [3.05, 3.63) is 35.4 Å². The first-order valence-electron chi connectivity index (χ1n) is 6.63. The molecule has 0 aromatic heterocycles. The molecule has 0 saturated heterocycles. The topological polar surface area (TPSA) is 52.9 Å². The maximum absolute atomic E-state index is 12.0. The molecule has 0 spiro atoms. The molecule has 1 N–H and O–H groups in total. The number of nitrogens with zero attached hydrogens (tertiary/aromatic N) is 1. The number of alkyl halides is 1. The van der Waals surface area contributed by atoms with E-state index in [4.69, 9.17) is 5.26 Å². The molecule has 4 heteroatoms. The zero-order chi connectivity index (χ0) is 13.7. The Morgan fingerprint density at radius 3 is 2.95 bits per heavy atom. The number of carbonyl (C=O) groups is 1. The number of halogens is 1. The number of hydrogen-bond donors (Lipinski definition) is 1. The van der Waals surface area contributed by atoms with Crippen LogP contribution < -0.4 is 5.32 Å². The maximum Gasteiger partial charge on any atom is 0.251 e. The summed E-state index contributed by atoms with van der Waals surface area (Å²) in [5, 5.41) is 11.8. The van der Waals surface area contributed by atoms with Gasteiger partial charge < -0.3 is 5.32 Å². The quantitative estimate of drug-likeness (QED) is 0.869. The monoisotopic (exact) mass is 320 g/mol. The van der Waals surface area contributed by atoms with Crippen molar-refractivity contribution >= 4 is 21.8 Å². The van der Waals surface area contributed by atoms with E-state index in [2.05, 4.69) is 21.2 Å². The summed E-state index contributed by atoms with van der Waals surface area (Å²) in [6.45, 7) is 0.700. The van der Waals surface area contributed by atoms with Gasteiger partial charge in [-0.15, -0.1) is 0 Å². The summed E-state index contributed by atoms with van der Waals surface area (Å²) in [4.78, 5) is 12.5. The lowest BCUT2D eigenvalue weighted by Gasteiger charge is -2.27. The van der Waals surface area contributed by atoms with Crippen molar-refractivity contribution in [2.24, 2.45) is 5.92 Å². The minimum Gasteiger partial charge on any atom is -0.352 e. The van der Waals surface area contributed by atoms with Crippen LogP contribution in [0.4, 0.5) is 0 Å². The number of benzene rings is 1. The molecular formula is C15H17BrN2O. The van der Waals surface area contributed by atoms with Crippen LogP contribution in [0.2, 0.25) is 0 Å². The normalized spacial score (nSPS) is 22.5. The summed E-state index contributed by atoms with van der Waals surface area (Å²) in [5.74, 6) is 0.416. The maximum atomic E-state index is 12.0. The number of nitrogens with one attached hydrogen (secondary N) is 1. The molecule has 1 aromatic carbocycles. The minimum atomic E-state index is -0.0950. The van der Waals surface area contributed by atoms with E-state index in [0.29, 0.717) is 28.4 Å². The van der Waals surface area contributed by atoms with Gasteiger partial charge in [0.1, 0.15) is 0 Å². The van der Waals surface area contributed by atoms with E-state index in [1.54, 1.807) is 24.3 Å². The van der Waals surface area contributed by atoms with E-state index >= 15 is 0 Å². The Morgan fingerprint density at radius 1 is 1.42 bits per heavy atom. The van der Waals surface area contributed by atoms with Crippen LogP contribution in [0.25, 0.3) is 0 Å². The molecule has 1 fully saturated rings. The molecule has 1 amide bonds. The molecule has 0 aliphatic heterocycles. The van der Waals surface area contributed by atoms with E-state index in [0.717, 1.165) is 6.42 Å². The van der Waals surface area contributed by atoms with Gasteiger partial charge in [0, 0.05) is 16.9 Å². The van der Waals surface area contributed by atoms with Crippen molar-refractivity contribution in [3.8, 4) is 6.07 Å². The van der Waals surface area contributed by atoms with Crippen LogP contribution in [0.15, 0.2) is 24.3 Å². The lowest BCUT2D eigenvalue weighted by Crippen LogP contribution is -2.34. The smallest absolute Gasteiger partial charge is 0.251 e. The van der Waals surface area contributed by atoms with Crippen LogP contribution in [0, 0.1) is 17.2 Å². The highest BCUT2D eigenvalue weighted by Gasteiger charge is 2.23. The molecule has 1 aromatic rings. The number of carbonyl (C=O) groups excluding carboxylic acids is 1. The highest BCUT2D eigenvalue weighted by atomic mass is 79.9. The Morgan fingerprint density at radius 2 is 2.21 bits per heavy atom. The van der Waals surface area contributed by atoms with Crippen molar-refractivity contribution in [1.29, 1.82) is 5.26 Å². The van der Waals surface area contributed by atoms with Gasteiger partial charge in [0.2, 0.25) is 0 Å². The average Bonchev–Trinajstić information content (AvgIpc) is 2.46. The SMILES string of the molecule is N#Cc1cccc(C(=O)NCC2CCCCC2Br)c1. The van der Waals surface area contributed by atoms with E-state index in [-0.39, 0.29) is 5.91 Å². The fraction of sp³-hybridized carbons (Fsp3) is 0.467. The molecule has 100 valence electrons. The summed E-state index contributed by atoms with van der Waals surface area (Å²) in [6, 6.07) is 8.85. The van der Waals surface area contributed by atoms with Gasteiger partial charge in [-0.25, -0.2) is 0 Å². The summed E-state index contributed by atoms with van der Waals surface area (Å²) in [6.07, 6.45) is 4.86. The Labute approximate surface area is 122 Å². The van der Waals surface area contributed by atoms with Crippen molar-refractivity contribution in [2.75, 3.05) is 6.54 Å². The van der Waals surface area contributed by atoms with Gasteiger partial charge in [-0.1, -0.05) is 34.8 Å². The molecule has 0 radical (unpaired) electrons. The van der Waals surface area contributed by atoms with E-state index in [1.165, 1.54) is 19.3 Å². The van der Waals surface area contributed by atoms with Crippen LogP contribution in [-0.4, -0.2) is 17.3 Å². The largest absolute Gasteiger partial charge is 0.352 e. The molecule has 0 heterocycles. The fourth-order valence-electron chi connectivity index (χ4n) is 2.45. The van der Waals surface area contributed by atoms with Gasteiger partial charge in [-0.05, 0) is 37.0 Å². The highest BCUT2D eigenvalue weighted by molar-refractivity contribution is 9.09. The molecule has 1 aliphatic carbocycles. The van der Waals surface area contributed by atoms with Crippen molar-refractivity contribution in [2.45, 2.75) is 30.5 Å². The van der Waals surface area contributed by atoms with Gasteiger partial charge in [-0.3, -0.25) is 4.79 Å². The molecule has 1 saturated carbocycles. The van der Waals surface area contributed by atoms with Gasteiger partial charge in [0.15, 0.2) is 0 Å². The molecule has 2 atom stereocenters. The van der Waals surface area contributed by atoms with Crippen LogP contribution in [0.3, 0.4) is 0 Å². The summed E-state index contributed by atoms with van der Waals surface area (Å²) >= 11 is 3.69. The van der Waals surface area contributed by atoms with Crippen LogP contribution in [0.1, 0.15) is 41.6 Å². The zero-order valence-corrected chi connectivity index (χ0v) is 12.3. The van der Waals surface area contributed by atoms with Crippen LogP contribution in [0.5, 0.6) is 0 Å². The van der Waals surface area contributed by atoms with Crippen LogP contribution in [-0.2, 0) is 0 Å². The van der Waals surface area contributed by atoms with Gasteiger partial charge in [0.05, 0.1) is 11.6 Å². The third-order valence-electron chi connectivity index (χ3n) is 3.59. The Kier molecular flexibility index (Phi) is 4.98. The van der Waals surface area contributed by atoms with E-state index < -0.39 is 0 Å². The second-order valence-corrected chi connectivity index (χ2v) is 6.14. The van der Waals surface area contributed by atoms with Crippen molar-refractivity contribution in [1.82, 2.24) is 5.32 Å². The van der Waals surface area contributed by atoms with E-state index in [1.807, 2.05) is 6.07 Å². The molecular weight excluding hydrogens is 304 g/mol. The first kappa shape index (κ1) is 14.1. The molecule has 1 aliphatic rings. The second kappa shape index (κ2) is 6.72. The molecule has 2 unspecified atom stereocenters. The Hall–Kier alpha value is -1.34. The summed E-state index contributed by atoms with van der Waals surface area (Å²) < 4.78 is 0. The number of amides is 1. The zero-order valence-electron chi connectivity index (χ0n) is 10.7. The third kappa shape index (κ3) is 3.81. The third-order valence-corrected chi connectivity index (χ3v) is 4.80. The van der Waals surface area contributed by atoms with E-state index in [9.17, 15) is 4.79 Å². The first-order valence-corrected chi connectivity index (χ1v) is 7.54.